The Kier molecular flexibility index (Phi) is 6.38. The Morgan fingerprint density at radius 1 is 0.871 bits per heavy atom. The number of methoxy groups -OCH3 is 1. The van der Waals surface area contributed by atoms with Gasteiger partial charge in [-0.25, -0.2) is 0 Å². The Morgan fingerprint density at radius 2 is 1.55 bits per heavy atom. The van der Waals surface area contributed by atoms with E-state index in [0.29, 0.717) is 29.0 Å². The first-order chi connectivity index (χ1) is 15.1. The molecule has 2 unspecified atom stereocenters. The number of aliphatic hydroxyl groups is 1. The average molecular weight is 417 g/mol. The minimum atomic E-state index is -1.50. The van der Waals surface area contributed by atoms with E-state index in [1.807, 2.05) is 42.5 Å². The minimum absolute atomic E-state index is 0.393. The van der Waals surface area contributed by atoms with E-state index in [1.54, 1.807) is 19.2 Å². The van der Waals surface area contributed by atoms with E-state index in [9.17, 15) is 9.90 Å². The quantitative estimate of drug-likeness (QED) is 0.309. The average Bonchev–Trinajstić information content (AvgIpc) is 2.81. The monoisotopic (exact) mass is 416 g/mol. The number of carbonyl (C=O) groups is 1. The first-order valence-electron chi connectivity index (χ1n) is 10.9. The highest BCUT2D eigenvalue weighted by molar-refractivity contribution is 5.81. The van der Waals surface area contributed by atoms with Gasteiger partial charge in [-0.3, -0.25) is 4.79 Å². The van der Waals surface area contributed by atoms with Crippen molar-refractivity contribution in [3.05, 3.63) is 95.6 Å². The van der Waals surface area contributed by atoms with Crippen LogP contribution in [0.1, 0.15) is 42.4 Å². The molecular formula is C27H28O4. The summed E-state index contributed by atoms with van der Waals surface area (Å²) in [7, 11) is 1.58. The van der Waals surface area contributed by atoms with Crippen LogP contribution in [0.5, 0.6) is 11.5 Å². The van der Waals surface area contributed by atoms with Crippen LogP contribution in [0.3, 0.4) is 0 Å². The molecule has 0 spiro atoms. The number of ether oxygens (including phenoxy) is 2. The zero-order chi connectivity index (χ0) is 21.7. The summed E-state index contributed by atoms with van der Waals surface area (Å²) in [5.74, 6) is -0.129. The number of fused-ring (bicyclic) bond motifs is 1. The van der Waals surface area contributed by atoms with E-state index >= 15 is 0 Å². The van der Waals surface area contributed by atoms with Crippen LogP contribution in [0.2, 0.25) is 0 Å². The molecule has 2 atom stereocenters. The first kappa shape index (κ1) is 21.1. The number of para-hydroxylation sites is 2. The molecule has 0 saturated heterocycles. The van der Waals surface area contributed by atoms with Crippen LogP contribution in [-0.2, 0) is 16.8 Å². The number of carbonyl (C=O) groups excluding carboxylic acids is 1. The van der Waals surface area contributed by atoms with Gasteiger partial charge in [0.1, 0.15) is 17.1 Å². The molecule has 0 bridgehead atoms. The summed E-state index contributed by atoms with van der Waals surface area (Å²) in [6.07, 6.45) is 4.38. The van der Waals surface area contributed by atoms with Crippen molar-refractivity contribution >= 4 is 5.97 Å². The standard InChI is InChI=1S/C27H28O4/c1-30-24-18-10-8-15-21(24)27(29)22-16-9-11-19-25(22)31-26(28)23(27)17-7-3-6-14-20-12-4-2-5-13-20/h2,4-5,8-13,15-16,18-19,23,29H,3,6-7,14,17H2,1H3. The lowest BCUT2D eigenvalue weighted by Crippen LogP contribution is -2.46. The second-order valence-electron chi connectivity index (χ2n) is 8.02. The van der Waals surface area contributed by atoms with Crippen LogP contribution in [0.15, 0.2) is 78.9 Å². The fraction of sp³-hybridized carbons (Fsp3) is 0.296. The Hall–Kier alpha value is -3.11. The SMILES string of the molecule is COc1ccccc1C1(O)c2ccccc2OC(=O)C1CCCCCc1ccccc1. The number of hydrogen-bond donors (Lipinski definition) is 1. The second-order valence-corrected chi connectivity index (χ2v) is 8.02. The maximum absolute atomic E-state index is 13.0. The van der Waals surface area contributed by atoms with Gasteiger partial charge in [0.15, 0.2) is 0 Å². The molecule has 1 aliphatic rings. The zero-order valence-corrected chi connectivity index (χ0v) is 17.8. The molecule has 1 heterocycles. The van der Waals surface area contributed by atoms with Crippen LogP contribution in [0, 0.1) is 5.92 Å². The molecule has 4 heteroatoms. The summed E-state index contributed by atoms with van der Waals surface area (Å²) in [5.41, 5.74) is 1.01. The summed E-state index contributed by atoms with van der Waals surface area (Å²) in [4.78, 5) is 13.0. The lowest BCUT2D eigenvalue weighted by Gasteiger charge is -2.40. The van der Waals surface area contributed by atoms with Crippen molar-refractivity contribution in [2.75, 3.05) is 7.11 Å². The van der Waals surface area contributed by atoms with E-state index in [0.717, 1.165) is 25.7 Å². The van der Waals surface area contributed by atoms with Crippen LogP contribution in [-0.4, -0.2) is 18.2 Å². The van der Waals surface area contributed by atoms with Gasteiger partial charge in [0.2, 0.25) is 0 Å². The van der Waals surface area contributed by atoms with Gasteiger partial charge in [-0.2, -0.15) is 0 Å². The third-order valence-corrected chi connectivity index (χ3v) is 6.12. The number of hydrogen-bond acceptors (Lipinski definition) is 4. The summed E-state index contributed by atoms with van der Waals surface area (Å²) in [6, 6.07) is 25.0. The molecular weight excluding hydrogens is 388 g/mol. The summed E-state index contributed by atoms with van der Waals surface area (Å²) in [6.45, 7) is 0. The van der Waals surface area contributed by atoms with Crippen molar-refractivity contribution in [3.8, 4) is 11.5 Å². The second kappa shape index (κ2) is 9.36. The number of esters is 1. The lowest BCUT2D eigenvalue weighted by molar-refractivity contribution is -0.151. The topological polar surface area (TPSA) is 55.8 Å². The van der Waals surface area contributed by atoms with Crippen LogP contribution in [0.4, 0.5) is 0 Å². The van der Waals surface area contributed by atoms with Crippen LogP contribution >= 0.6 is 0 Å². The van der Waals surface area contributed by atoms with Gasteiger partial charge in [0.05, 0.1) is 13.0 Å². The normalized spacial score (nSPS) is 20.1. The Labute approximate surface area is 183 Å². The predicted molar refractivity (Wildman–Crippen MR) is 120 cm³/mol. The maximum atomic E-state index is 13.0. The first-order valence-corrected chi connectivity index (χ1v) is 10.9. The van der Waals surface area contributed by atoms with Crippen molar-refractivity contribution in [2.24, 2.45) is 5.92 Å². The molecule has 3 aromatic rings. The molecule has 1 aliphatic heterocycles. The van der Waals surface area contributed by atoms with Crippen molar-refractivity contribution in [2.45, 2.75) is 37.7 Å². The number of unbranched alkanes of at least 4 members (excludes halogenated alkanes) is 2. The molecule has 4 nitrogen and oxygen atoms in total. The maximum Gasteiger partial charge on any atom is 0.318 e. The summed E-state index contributed by atoms with van der Waals surface area (Å²) < 4.78 is 11.2. The third-order valence-electron chi connectivity index (χ3n) is 6.12. The Balaban J connectivity index is 1.57. The molecule has 0 aliphatic carbocycles. The molecule has 0 saturated carbocycles. The van der Waals surface area contributed by atoms with E-state index in [2.05, 4.69) is 24.3 Å². The van der Waals surface area contributed by atoms with Gasteiger partial charge < -0.3 is 14.6 Å². The highest BCUT2D eigenvalue weighted by Gasteiger charge is 2.51. The minimum Gasteiger partial charge on any atom is -0.496 e. The van der Waals surface area contributed by atoms with Crippen LogP contribution < -0.4 is 9.47 Å². The fourth-order valence-electron chi connectivity index (χ4n) is 4.53. The summed E-state index contributed by atoms with van der Waals surface area (Å²) in [5, 5.41) is 12.1. The molecule has 4 rings (SSSR count). The van der Waals surface area contributed by atoms with E-state index in [-0.39, 0.29) is 0 Å². The smallest absolute Gasteiger partial charge is 0.318 e. The Bertz CT molecular complexity index is 1030. The molecule has 0 amide bonds. The number of aryl methyl sites for hydroxylation is 1. The van der Waals surface area contributed by atoms with Crippen molar-refractivity contribution in [1.29, 1.82) is 0 Å². The van der Waals surface area contributed by atoms with Gasteiger partial charge in [-0.05, 0) is 37.0 Å². The van der Waals surface area contributed by atoms with Gasteiger partial charge in [-0.1, -0.05) is 79.6 Å². The highest BCUT2D eigenvalue weighted by atomic mass is 16.5. The van der Waals surface area contributed by atoms with Gasteiger partial charge >= 0.3 is 5.97 Å². The Morgan fingerprint density at radius 3 is 2.32 bits per heavy atom. The predicted octanol–water partition coefficient (Wildman–Crippen LogP) is 5.27. The summed E-state index contributed by atoms with van der Waals surface area (Å²) >= 11 is 0. The largest absolute Gasteiger partial charge is 0.496 e. The highest BCUT2D eigenvalue weighted by Crippen LogP contribution is 2.49. The van der Waals surface area contributed by atoms with Gasteiger partial charge in [0.25, 0.3) is 0 Å². The van der Waals surface area contributed by atoms with E-state index in [1.165, 1.54) is 5.56 Å². The number of rotatable bonds is 8. The zero-order valence-electron chi connectivity index (χ0n) is 17.8. The third kappa shape index (κ3) is 4.21. The van der Waals surface area contributed by atoms with Crippen molar-refractivity contribution in [3.63, 3.8) is 0 Å². The van der Waals surface area contributed by atoms with Crippen molar-refractivity contribution in [1.82, 2.24) is 0 Å². The fourth-order valence-corrected chi connectivity index (χ4v) is 4.53. The van der Waals surface area contributed by atoms with E-state index in [4.69, 9.17) is 9.47 Å². The van der Waals surface area contributed by atoms with Crippen molar-refractivity contribution < 1.29 is 19.4 Å². The molecule has 31 heavy (non-hydrogen) atoms. The van der Waals surface area contributed by atoms with Gasteiger partial charge in [0, 0.05) is 11.1 Å². The van der Waals surface area contributed by atoms with Gasteiger partial charge in [-0.15, -0.1) is 0 Å². The molecule has 0 aromatic heterocycles. The van der Waals surface area contributed by atoms with E-state index < -0.39 is 17.5 Å². The van der Waals surface area contributed by atoms with Crippen LogP contribution in [0.25, 0.3) is 0 Å². The number of benzene rings is 3. The molecule has 3 aromatic carbocycles. The molecule has 1 N–H and O–H groups in total. The molecule has 160 valence electrons. The molecule has 0 radical (unpaired) electrons. The lowest BCUT2D eigenvalue weighted by atomic mass is 9.72. The molecule has 0 fully saturated rings.